The molecule has 2 aliphatic rings. The fraction of sp³-hybridized carbons (Fsp3) is 0.533. The highest BCUT2D eigenvalue weighted by molar-refractivity contribution is 5.87. The molecule has 2 heteroatoms. The zero-order valence-corrected chi connectivity index (χ0v) is 10.1. The van der Waals surface area contributed by atoms with Gasteiger partial charge in [0.15, 0.2) is 0 Å². The van der Waals surface area contributed by atoms with Crippen molar-refractivity contribution in [3.63, 3.8) is 0 Å². The van der Waals surface area contributed by atoms with Gasteiger partial charge in [0.05, 0.1) is 5.92 Å². The van der Waals surface area contributed by atoms with E-state index in [-0.39, 0.29) is 5.92 Å². The predicted molar refractivity (Wildman–Crippen MR) is 67.9 cm³/mol. The first-order chi connectivity index (χ1) is 8.34. The number of nitrogens with one attached hydrogen (secondary N) is 1. The molecular weight excluding hydrogens is 210 g/mol. The number of benzene rings is 1. The number of carbonyl (C=O) groups is 1. The Morgan fingerprint density at radius 1 is 1.29 bits per heavy atom. The van der Waals surface area contributed by atoms with Gasteiger partial charge in [0.1, 0.15) is 5.78 Å². The quantitative estimate of drug-likeness (QED) is 0.863. The van der Waals surface area contributed by atoms with Crippen LogP contribution in [0.2, 0.25) is 0 Å². The van der Waals surface area contributed by atoms with Gasteiger partial charge in [-0.05, 0) is 17.0 Å². The summed E-state index contributed by atoms with van der Waals surface area (Å²) < 4.78 is 0. The molecule has 17 heavy (non-hydrogen) atoms. The van der Waals surface area contributed by atoms with Gasteiger partial charge < -0.3 is 5.32 Å². The maximum absolute atomic E-state index is 12.3. The topological polar surface area (TPSA) is 29.1 Å². The molecule has 90 valence electrons. The summed E-state index contributed by atoms with van der Waals surface area (Å²) in [5.41, 5.74) is 2.56. The van der Waals surface area contributed by atoms with E-state index >= 15 is 0 Å². The van der Waals surface area contributed by atoms with Crippen LogP contribution in [-0.2, 0) is 11.3 Å². The van der Waals surface area contributed by atoms with E-state index in [1.54, 1.807) is 0 Å². The molecule has 0 spiro atoms. The summed E-state index contributed by atoms with van der Waals surface area (Å²) in [7, 11) is 0. The first-order valence-electron chi connectivity index (χ1n) is 6.66. The van der Waals surface area contributed by atoms with Crippen molar-refractivity contribution in [1.82, 2.24) is 5.32 Å². The molecule has 1 saturated carbocycles. The average molecular weight is 229 g/mol. The highest BCUT2D eigenvalue weighted by atomic mass is 16.1. The van der Waals surface area contributed by atoms with Gasteiger partial charge in [-0.15, -0.1) is 0 Å². The third kappa shape index (κ3) is 2.14. The summed E-state index contributed by atoms with van der Waals surface area (Å²) >= 11 is 0. The molecule has 1 aromatic carbocycles. The Bertz CT molecular complexity index is 423. The van der Waals surface area contributed by atoms with Crippen molar-refractivity contribution in [2.45, 2.75) is 38.1 Å². The van der Waals surface area contributed by atoms with Crippen LogP contribution < -0.4 is 5.32 Å². The minimum absolute atomic E-state index is 0.0977. The fourth-order valence-corrected chi connectivity index (χ4v) is 2.91. The Labute approximate surface area is 102 Å². The van der Waals surface area contributed by atoms with Gasteiger partial charge in [-0.3, -0.25) is 4.79 Å². The molecule has 1 heterocycles. The van der Waals surface area contributed by atoms with Crippen LogP contribution in [0.3, 0.4) is 0 Å². The summed E-state index contributed by atoms with van der Waals surface area (Å²) in [6.07, 6.45) is 4.62. The molecule has 1 unspecified atom stereocenters. The van der Waals surface area contributed by atoms with Crippen LogP contribution in [0.15, 0.2) is 24.3 Å². The van der Waals surface area contributed by atoms with E-state index in [1.807, 2.05) is 6.07 Å². The second-order valence-corrected chi connectivity index (χ2v) is 5.35. The van der Waals surface area contributed by atoms with Gasteiger partial charge in [-0.2, -0.15) is 0 Å². The molecular formula is C15H19NO. The van der Waals surface area contributed by atoms with E-state index in [0.717, 1.165) is 19.5 Å². The Morgan fingerprint density at radius 2 is 2.12 bits per heavy atom. The minimum atomic E-state index is 0.0977. The zero-order valence-electron chi connectivity index (χ0n) is 10.1. The van der Waals surface area contributed by atoms with Crippen molar-refractivity contribution in [2.24, 2.45) is 5.92 Å². The predicted octanol–water partition coefficient (Wildman–Crippen LogP) is 2.63. The molecule has 1 aromatic rings. The van der Waals surface area contributed by atoms with Crippen LogP contribution in [0.5, 0.6) is 0 Å². The first-order valence-corrected chi connectivity index (χ1v) is 6.66. The number of rotatable bonds is 3. The average Bonchev–Trinajstić information content (AvgIpc) is 2.33. The molecule has 0 bridgehead atoms. The standard InChI is InChI=1S/C15H19NO/c17-15(8-11-4-3-5-11)14-10-16-9-12-6-1-2-7-13(12)14/h1-2,6-7,11,14,16H,3-5,8-10H2. The lowest BCUT2D eigenvalue weighted by Crippen LogP contribution is -2.33. The highest BCUT2D eigenvalue weighted by Gasteiger charge is 2.29. The first kappa shape index (κ1) is 11.0. The van der Waals surface area contributed by atoms with Gasteiger partial charge in [0, 0.05) is 19.5 Å². The van der Waals surface area contributed by atoms with Crippen LogP contribution in [0.1, 0.15) is 42.7 Å². The van der Waals surface area contributed by atoms with E-state index in [2.05, 4.69) is 23.5 Å². The number of ketones is 1. The van der Waals surface area contributed by atoms with E-state index in [4.69, 9.17) is 0 Å². The molecule has 1 N–H and O–H groups in total. The van der Waals surface area contributed by atoms with Crippen LogP contribution in [0.4, 0.5) is 0 Å². The van der Waals surface area contributed by atoms with Crippen molar-refractivity contribution in [3.8, 4) is 0 Å². The second-order valence-electron chi connectivity index (χ2n) is 5.35. The zero-order chi connectivity index (χ0) is 11.7. The largest absolute Gasteiger partial charge is 0.312 e. The summed E-state index contributed by atoms with van der Waals surface area (Å²) in [6, 6.07) is 8.36. The maximum Gasteiger partial charge on any atom is 0.141 e. The Balaban J connectivity index is 1.77. The van der Waals surface area contributed by atoms with Crippen molar-refractivity contribution in [3.05, 3.63) is 35.4 Å². The lowest BCUT2D eigenvalue weighted by Gasteiger charge is -2.29. The number of hydrogen-bond donors (Lipinski definition) is 1. The Morgan fingerprint density at radius 3 is 2.88 bits per heavy atom. The monoisotopic (exact) mass is 229 g/mol. The lowest BCUT2D eigenvalue weighted by atomic mass is 9.77. The molecule has 0 aromatic heterocycles. The summed E-state index contributed by atoms with van der Waals surface area (Å²) in [6.45, 7) is 1.73. The maximum atomic E-state index is 12.3. The lowest BCUT2D eigenvalue weighted by molar-refractivity contribution is -0.122. The normalized spacial score (nSPS) is 23.9. The molecule has 1 fully saturated rings. The molecule has 2 nitrogen and oxygen atoms in total. The van der Waals surface area contributed by atoms with Crippen molar-refractivity contribution in [2.75, 3.05) is 6.54 Å². The number of fused-ring (bicyclic) bond motifs is 1. The molecule has 0 amide bonds. The molecule has 3 rings (SSSR count). The van der Waals surface area contributed by atoms with E-state index in [9.17, 15) is 4.79 Å². The molecule has 1 aliphatic heterocycles. The van der Waals surface area contributed by atoms with E-state index in [1.165, 1.54) is 30.4 Å². The fourth-order valence-electron chi connectivity index (χ4n) is 2.91. The minimum Gasteiger partial charge on any atom is -0.312 e. The van der Waals surface area contributed by atoms with Gasteiger partial charge in [0.2, 0.25) is 0 Å². The second kappa shape index (κ2) is 4.61. The van der Waals surface area contributed by atoms with Gasteiger partial charge in [-0.25, -0.2) is 0 Å². The number of carbonyl (C=O) groups excluding carboxylic acids is 1. The van der Waals surface area contributed by atoms with Gasteiger partial charge in [0.25, 0.3) is 0 Å². The molecule has 0 saturated heterocycles. The Kier molecular flexibility index (Phi) is 2.98. The number of hydrogen-bond acceptors (Lipinski definition) is 2. The highest BCUT2D eigenvalue weighted by Crippen LogP contribution is 2.33. The van der Waals surface area contributed by atoms with Gasteiger partial charge in [-0.1, -0.05) is 43.5 Å². The van der Waals surface area contributed by atoms with Crippen LogP contribution in [0.25, 0.3) is 0 Å². The summed E-state index contributed by atoms with van der Waals surface area (Å²) in [5.74, 6) is 1.21. The van der Waals surface area contributed by atoms with Gasteiger partial charge >= 0.3 is 0 Å². The number of Topliss-reactive ketones (excluding diaryl/α,β-unsaturated/α-hetero) is 1. The summed E-state index contributed by atoms with van der Waals surface area (Å²) in [4.78, 5) is 12.3. The SMILES string of the molecule is O=C(CC1CCC1)C1CNCc2ccccc21. The van der Waals surface area contributed by atoms with E-state index in [0.29, 0.717) is 11.7 Å². The molecule has 0 radical (unpaired) electrons. The van der Waals surface area contributed by atoms with Crippen LogP contribution in [-0.4, -0.2) is 12.3 Å². The van der Waals surface area contributed by atoms with E-state index < -0.39 is 0 Å². The third-order valence-electron chi connectivity index (χ3n) is 4.20. The Hall–Kier alpha value is -1.15. The summed E-state index contributed by atoms with van der Waals surface area (Å²) in [5, 5.41) is 3.36. The van der Waals surface area contributed by atoms with Crippen LogP contribution in [0, 0.1) is 5.92 Å². The van der Waals surface area contributed by atoms with Crippen molar-refractivity contribution < 1.29 is 4.79 Å². The van der Waals surface area contributed by atoms with Crippen molar-refractivity contribution in [1.29, 1.82) is 0 Å². The van der Waals surface area contributed by atoms with Crippen molar-refractivity contribution >= 4 is 5.78 Å². The third-order valence-corrected chi connectivity index (χ3v) is 4.20. The molecule has 1 aliphatic carbocycles. The van der Waals surface area contributed by atoms with Crippen LogP contribution >= 0.6 is 0 Å². The molecule has 1 atom stereocenters. The smallest absolute Gasteiger partial charge is 0.141 e.